The van der Waals surface area contributed by atoms with Crippen LogP contribution in [0.3, 0.4) is 0 Å². The summed E-state index contributed by atoms with van der Waals surface area (Å²) < 4.78 is 16.1. The van der Waals surface area contributed by atoms with Crippen molar-refractivity contribution in [2.45, 2.75) is 25.4 Å². The van der Waals surface area contributed by atoms with Crippen molar-refractivity contribution in [3.05, 3.63) is 65.2 Å². The van der Waals surface area contributed by atoms with Crippen molar-refractivity contribution < 1.29 is 28.9 Å². The SMILES string of the molecule is CCCOC(=O)[C@@H]1c2cc(/C=C/C(=O)OC)ccc2O[C@H]1c1ccc(O)cc1. The van der Waals surface area contributed by atoms with E-state index >= 15 is 0 Å². The molecule has 146 valence electrons. The summed E-state index contributed by atoms with van der Waals surface area (Å²) in [5.74, 6) is -0.741. The highest BCUT2D eigenvalue weighted by atomic mass is 16.5. The van der Waals surface area contributed by atoms with Crippen LogP contribution in [-0.2, 0) is 19.1 Å². The van der Waals surface area contributed by atoms with Crippen LogP contribution in [0.25, 0.3) is 6.08 Å². The second-order valence-corrected chi connectivity index (χ2v) is 6.43. The molecule has 28 heavy (non-hydrogen) atoms. The third-order valence-electron chi connectivity index (χ3n) is 4.46. The molecule has 0 spiro atoms. The zero-order valence-electron chi connectivity index (χ0n) is 15.8. The Morgan fingerprint density at radius 2 is 1.93 bits per heavy atom. The van der Waals surface area contributed by atoms with E-state index in [1.54, 1.807) is 42.5 Å². The Bertz CT molecular complexity index is 884. The average Bonchev–Trinajstić information content (AvgIpc) is 3.09. The van der Waals surface area contributed by atoms with Crippen LogP contribution in [0.2, 0.25) is 0 Å². The van der Waals surface area contributed by atoms with Crippen LogP contribution in [0, 0.1) is 0 Å². The van der Waals surface area contributed by atoms with Gasteiger partial charge in [-0.3, -0.25) is 4.79 Å². The summed E-state index contributed by atoms with van der Waals surface area (Å²) in [4.78, 5) is 24.1. The molecule has 0 amide bonds. The minimum atomic E-state index is -0.641. The van der Waals surface area contributed by atoms with E-state index in [0.717, 1.165) is 17.5 Å². The van der Waals surface area contributed by atoms with Crippen LogP contribution >= 0.6 is 0 Å². The minimum Gasteiger partial charge on any atom is -0.508 e. The van der Waals surface area contributed by atoms with Crippen molar-refractivity contribution in [1.29, 1.82) is 0 Å². The molecule has 6 heteroatoms. The Balaban J connectivity index is 1.96. The van der Waals surface area contributed by atoms with Crippen molar-refractivity contribution in [2.75, 3.05) is 13.7 Å². The third kappa shape index (κ3) is 4.17. The van der Waals surface area contributed by atoms with E-state index < -0.39 is 18.0 Å². The summed E-state index contributed by atoms with van der Waals surface area (Å²) in [7, 11) is 1.31. The summed E-state index contributed by atoms with van der Waals surface area (Å²) in [6.45, 7) is 2.26. The molecule has 0 unspecified atom stereocenters. The van der Waals surface area contributed by atoms with Crippen molar-refractivity contribution in [3.8, 4) is 11.5 Å². The van der Waals surface area contributed by atoms with E-state index in [-0.39, 0.29) is 11.7 Å². The van der Waals surface area contributed by atoms with Crippen LogP contribution in [0.4, 0.5) is 0 Å². The second kappa shape index (κ2) is 8.61. The topological polar surface area (TPSA) is 82.1 Å². The number of fused-ring (bicyclic) bond motifs is 1. The number of aromatic hydroxyl groups is 1. The highest BCUT2D eigenvalue weighted by Gasteiger charge is 2.41. The molecule has 0 fully saturated rings. The van der Waals surface area contributed by atoms with Gasteiger partial charge >= 0.3 is 11.9 Å². The number of phenols is 1. The summed E-state index contributed by atoms with van der Waals surface area (Å²) in [6, 6.07) is 11.9. The molecule has 0 aromatic heterocycles. The highest BCUT2D eigenvalue weighted by molar-refractivity contribution is 5.87. The number of hydrogen-bond donors (Lipinski definition) is 1. The molecule has 0 aliphatic carbocycles. The summed E-state index contributed by atoms with van der Waals surface area (Å²) >= 11 is 0. The van der Waals surface area contributed by atoms with Gasteiger partial charge < -0.3 is 19.3 Å². The number of phenolic OH excluding ortho intramolecular Hbond substituents is 1. The van der Waals surface area contributed by atoms with Gasteiger partial charge in [0.2, 0.25) is 0 Å². The smallest absolute Gasteiger partial charge is 0.330 e. The maximum atomic E-state index is 12.8. The van der Waals surface area contributed by atoms with Crippen LogP contribution in [0.15, 0.2) is 48.5 Å². The number of benzene rings is 2. The lowest BCUT2D eigenvalue weighted by Crippen LogP contribution is -2.21. The maximum Gasteiger partial charge on any atom is 0.330 e. The van der Waals surface area contributed by atoms with Gasteiger partial charge in [-0.2, -0.15) is 0 Å². The fourth-order valence-electron chi connectivity index (χ4n) is 3.09. The van der Waals surface area contributed by atoms with Gasteiger partial charge in [0.1, 0.15) is 23.5 Å². The molecule has 0 radical (unpaired) electrons. The summed E-state index contributed by atoms with van der Waals surface area (Å²) in [5.41, 5.74) is 2.21. The number of ether oxygens (including phenoxy) is 3. The van der Waals surface area contributed by atoms with E-state index in [2.05, 4.69) is 4.74 Å². The average molecular weight is 382 g/mol. The number of carbonyl (C=O) groups excluding carboxylic acids is 2. The molecular weight excluding hydrogens is 360 g/mol. The standard InChI is InChI=1S/C22H22O6/c1-3-12-27-22(25)20-17-13-14(5-11-19(24)26-2)4-10-18(17)28-21(20)15-6-8-16(23)9-7-15/h4-11,13,20-21,23H,3,12H2,1-2H3/b11-5+/t20-,21+/m1/s1. The summed E-state index contributed by atoms with van der Waals surface area (Å²) in [6.07, 6.45) is 3.10. The first-order valence-electron chi connectivity index (χ1n) is 9.05. The Labute approximate surface area is 163 Å². The highest BCUT2D eigenvalue weighted by Crippen LogP contribution is 2.47. The van der Waals surface area contributed by atoms with Crippen LogP contribution < -0.4 is 4.74 Å². The van der Waals surface area contributed by atoms with E-state index in [1.165, 1.54) is 13.2 Å². The largest absolute Gasteiger partial charge is 0.508 e. The molecule has 0 bridgehead atoms. The van der Waals surface area contributed by atoms with E-state index in [4.69, 9.17) is 9.47 Å². The van der Waals surface area contributed by atoms with Gasteiger partial charge in [0.25, 0.3) is 0 Å². The Kier molecular flexibility index (Phi) is 5.99. The van der Waals surface area contributed by atoms with E-state index in [1.807, 2.05) is 13.0 Å². The van der Waals surface area contributed by atoms with Gasteiger partial charge in [-0.25, -0.2) is 4.79 Å². The zero-order valence-corrected chi connectivity index (χ0v) is 15.8. The molecule has 2 atom stereocenters. The van der Waals surface area contributed by atoms with Gasteiger partial charge in [-0.1, -0.05) is 25.1 Å². The first-order chi connectivity index (χ1) is 13.5. The first kappa shape index (κ1) is 19.5. The quantitative estimate of drug-likeness (QED) is 0.605. The molecule has 1 N–H and O–H groups in total. The number of hydrogen-bond acceptors (Lipinski definition) is 6. The molecule has 0 saturated heterocycles. The number of methoxy groups -OCH3 is 1. The van der Waals surface area contributed by atoms with Crippen LogP contribution in [0.1, 0.15) is 42.1 Å². The normalized spacial score (nSPS) is 17.8. The maximum absolute atomic E-state index is 12.8. The Morgan fingerprint density at radius 1 is 1.18 bits per heavy atom. The molecule has 1 aliphatic rings. The molecular formula is C22H22O6. The van der Waals surface area contributed by atoms with Gasteiger partial charge in [0.05, 0.1) is 13.7 Å². The van der Waals surface area contributed by atoms with Crippen molar-refractivity contribution >= 4 is 18.0 Å². The second-order valence-electron chi connectivity index (χ2n) is 6.43. The van der Waals surface area contributed by atoms with Crippen molar-refractivity contribution in [3.63, 3.8) is 0 Å². The first-order valence-corrected chi connectivity index (χ1v) is 9.05. The lowest BCUT2D eigenvalue weighted by Gasteiger charge is -2.18. The predicted octanol–water partition coefficient (Wildman–Crippen LogP) is 3.75. The summed E-state index contributed by atoms with van der Waals surface area (Å²) in [5, 5.41) is 9.55. The molecule has 2 aromatic carbocycles. The zero-order chi connectivity index (χ0) is 20.1. The molecule has 1 aliphatic heterocycles. The molecule has 1 heterocycles. The number of esters is 2. The van der Waals surface area contributed by atoms with E-state index in [9.17, 15) is 14.7 Å². The van der Waals surface area contributed by atoms with E-state index in [0.29, 0.717) is 17.9 Å². The monoisotopic (exact) mass is 382 g/mol. The van der Waals surface area contributed by atoms with Gasteiger partial charge in [0.15, 0.2) is 0 Å². The number of rotatable bonds is 6. The lowest BCUT2D eigenvalue weighted by molar-refractivity contribution is -0.147. The van der Waals surface area contributed by atoms with Gasteiger partial charge in [-0.15, -0.1) is 0 Å². The van der Waals surface area contributed by atoms with Crippen molar-refractivity contribution in [2.24, 2.45) is 0 Å². The molecule has 6 nitrogen and oxygen atoms in total. The predicted molar refractivity (Wildman–Crippen MR) is 103 cm³/mol. The fourth-order valence-corrected chi connectivity index (χ4v) is 3.09. The molecule has 2 aromatic rings. The Hall–Kier alpha value is -3.28. The van der Waals surface area contributed by atoms with Gasteiger partial charge in [-0.05, 0) is 47.9 Å². The van der Waals surface area contributed by atoms with Crippen molar-refractivity contribution in [1.82, 2.24) is 0 Å². The Morgan fingerprint density at radius 3 is 2.61 bits per heavy atom. The van der Waals surface area contributed by atoms with Crippen LogP contribution in [-0.4, -0.2) is 30.8 Å². The molecule has 0 saturated carbocycles. The number of carbonyl (C=O) groups is 2. The molecule has 3 rings (SSSR count). The lowest BCUT2D eigenvalue weighted by atomic mass is 9.90. The fraction of sp³-hybridized carbons (Fsp3) is 0.273. The van der Waals surface area contributed by atoms with Crippen LogP contribution in [0.5, 0.6) is 11.5 Å². The van der Waals surface area contributed by atoms with Gasteiger partial charge in [0, 0.05) is 11.6 Å². The minimum absolute atomic E-state index is 0.139. The third-order valence-corrected chi connectivity index (χ3v) is 4.46.